The van der Waals surface area contributed by atoms with Crippen LogP contribution in [0.4, 0.5) is 0 Å². The lowest BCUT2D eigenvalue weighted by Crippen LogP contribution is -2.09. The molecular formula is C9H16N2. The Balaban J connectivity index is 2.69. The molecule has 0 saturated carbocycles. The van der Waals surface area contributed by atoms with E-state index in [4.69, 9.17) is 0 Å². The van der Waals surface area contributed by atoms with Crippen molar-refractivity contribution in [1.29, 1.82) is 0 Å². The van der Waals surface area contributed by atoms with Crippen molar-refractivity contribution in [3.8, 4) is 0 Å². The van der Waals surface area contributed by atoms with Gasteiger partial charge in [-0.1, -0.05) is 5.57 Å². The Bertz CT molecular complexity index is 172. The summed E-state index contributed by atoms with van der Waals surface area (Å²) in [5, 5.41) is 6.27. The third-order valence-corrected chi connectivity index (χ3v) is 1.85. The van der Waals surface area contributed by atoms with E-state index >= 15 is 0 Å². The fraction of sp³-hybridized carbons (Fsp3) is 0.667. The van der Waals surface area contributed by atoms with Gasteiger partial charge in [0.1, 0.15) is 0 Å². The fourth-order valence-electron chi connectivity index (χ4n) is 1.35. The molecule has 0 spiro atoms. The quantitative estimate of drug-likeness (QED) is 0.520. The highest BCUT2D eigenvalue weighted by atomic mass is 15.4. The molecule has 2 nitrogen and oxygen atoms in total. The van der Waals surface area contributed by atoms with E-state index in [0.717, 1.165) is 6.42 Å². The van der Waals surface area contributed by atoms with Gasteiger partial charge in [-0.05, 0) is 33.1 Å². The van der Waals surface area contributed by atoms with Crippen LogP contribution in [0, 0.1) is 0 Å². The molecule has 0 bridgehead atoms. The molecule has 62 valence electrons. The number of hydrogen-bond donors (Lipinski definition) is 0. The molecule has 0 fully saturated rings. The lowest BCUT2D eigenvalue weighted by Gasteiger charge is -2.14. The maximum atomic E-state index is 4.36. The second-order valence-electron chi connectivity index (χ2n) is 3.24. The molecule has 0 saturated heterocycles. The lowest BCUT2D eigenvalue weighted by molar-refractivity contribution is 0.476. The molecule has 1 aliphatic rings. The smallest absolute Gasteiger partial charge is 0.0353 e. The Kier molecular flexibility index (Phi) is 2.69. The maximum Gasteiger partial charge on any atom is 0.0353 e. The summed E-state index contributed by atoms with van der Waals surface area (Å²) in [6.45, 7) is 4.25. The van der Waals surface area contributed by atoms with Crippen LogP contribution in [0.5, 0.6) is 0 Å². The number of allylic oxidation sites excluding steroid dienone is 1. The van der Waals surface area contributed by atoms with Gasteiger partial charge in [-0.2, -0.15) is 5.10 Å². The predicted octanol–water partition coefficient (Wildman–Crippen LogP) is 2.38. The summed E-state index contributed by atoms with van der Waals surface area (Å²) >= 11 is 0. The zero-order valence-electron chi connectivity index (χ0n) is 7.59. The molecular weight excluding hydrogens is 136 g/mol. The van der Waals surface area contributed by atoms with Gasteiger partial charge in [0.15, 0.2) is 0 Å². The summed E-state index contributed by atoms with van der Waals surface area (Å²) in [6, 6.07) is 0. The Morgan fingerprint density at radius 2 is 2.09 bits per heavy atom. The van der Waals surface area contributed by atoms with Crippen molar-refractivity contribution < 1.29 is 0 Å². The molecule has 11 heavy (non-hydrogen) atoms. The summed E-state index contributed by atoms with van der Waals surface area (Å²) in [5.41, 5.74) is 2.65. The van der Waals surface area contributed by atoms with E-state index in [1.165, 1.54) is 24.1 Å². The minimum Gasteiger partial charge on any atom is -0.276 e. The van der Waals surface area contributed by atoms with Crippen molar-refractivity contribution in [1.82, 2.24) is 5.01 Å². The molecule has 0 aromatic heterocycles. The molecule has 0 N–H and O–H groups in total. The van der Waals surface area contributed by atoms with E-state index in [2.05, 4.69) is 25.1 Å². The van der Waals surface area contributed by atoms with Crippen molar-refractivity contribution in [2.24, 2.45) is 5.10 Å². The van der Waals surface area contributed by atoms with Gasteiger partial charge in [-0.3, -0.25) is 5.01 Å². The minimum atomic E-state index is 1.13. The highest BCUT2D eigenvalue weighted by Gasteiger charge is 2.00. The molecule has 1 aliphatic heterocycles. The van der Waals surface area contributed by atoms with Crippen LogP contribution in [-0.4, -0.2) is 17.8 Å². The monoisotopic (exact) mass is 152 g/mol. The summed E-state index contributed by atoms with van der Waals surface area (Å²) < 4.78 is 0. The van der Waals surface area contributed by atoms with Crippen LogP contribution < -0.4 is 0 Å². The molecule has 0 aromatic rings. The average Bonchev–Trinajstić information content (AvgIpc) is 1.83. The van der Waals surface area contributed by atoms with Gasteiger partial charge in [0, 0.05) is 19.0 Å². The van der Waals surface area contributed by atoms with Crippen LogP contribution in [-0.2, 0) is 0 Å². The highest BCUT2D eigenvalue weighted by molar-refractivity contribution is 5.81. The lowest BCUT2D eigenvalue weighted by atomic mass is 10.1. The molecule has 0 aromatic carbocycles. The normalized spacial score (nSPS) is 20.1. The molecule has 0 aliphatic carbocycles. The summed E-state index contributed by atoms with van der Waals surface area (Å²) in [6.07, 6.45) is 5.68. The van der Waals surface area contributed by atoms with Gasteiger partial charge in [0.05, 0.1) is 0 Å². The van der Waals surface area contributed by atoms with Crippen LogP contribution >= 0.6 is 0 Å². The minimum absolute atomic E-state index is 1.13. The molecule has 1 heterocycles. The first-order valence-corrected chi connectivity index (χ1v) is 4.12. The van der Waals surface area contributed by atoms with Crippen molar-refractivity contribution in [2.75, 3.05) is 7.05 Å². The Morgan fingerprint density at radius 1 is 1.36 bits per heavy atom. The van der Waals surface area contributed by atoms with Crippen LogP contribution in [0.2, 0.25) is 0 Å². The van der Waals surface area contributed by atoms with Crippen LogP contribution in [0.15, 0.2) is 16.9 Å². The van der Waals surface area contributed by atoms with Gasteiger partial charge in [0.2, 0.25) is 0 Å². The molecule has 0 unspecified atom stereocenters. The standard InChI is InChI=1S/C9H16N2/c1-8-5-4-6-9(2)10-11(3)7-8/h7H,4-6H2,1-3H3. The van der Waals surface area contributed by atoms with Gasteiger partial charge >= 0.3 is 0 Å². The van der Waals surface area contributed by atoms with E-state index in [1.54, 1.807) is 0 Å². The largest absolute Gasteiger partial charge is 0.276 e. The van der Waals surface area contributed by atoms with Gasteiger partial charge in [-0.25, -0.2) is 0 Å². The number of rotatable bonds is 0. The summed E-state index contributed by atoms with van der Waals surface area (Å²) in [5.74, 6) is 0. The number of nitrogens with zero attached hydrogens (tertiary/aromatic N) is 2. The van der Waals surface area contributed by atoms with Crippen LogP contribution in [0.3, 0.4) is 0 Å². The first kappa shape index (κ1) is 8.31. The van der Waals surface area contributed by atoms with Crippen molar-refractivity contribution in [2.45, 2.75) is 33.1 Å². The van der Waals surface area contributed by atoms with Crippen LogP contribution in [0.25, 0.3) is 0 Å². The van der Waals surface area contributed by atoms with E-state index in [0.29, 0.717) is 0 Å². The second-order valence-corrected chi connectivity index (χ2v) is 3.24. The van der Waals surface area contributed by atoms with Crippen LogP contribution in [0.1, 0.15) is 33.1 Å². The second kappa shape index (κ2) is 3.56. The zero-order valence-corrected chi connectivity index (χ0v) is 7.59. The Hall–Kier alpha value is -0.790. The highest BCUT2D eigenvalue weighted by Crippen LogP contribution is 2.11. The molecule has 0 amide bonds. The van der Waals surface area contributed by atoms with Crippen molar-refractivity contribution in [3.05, 3.63) is 11.8 Å². The van der Waals surface area contributed by atoms with Gasteiger partial charge in [0.25, 0.3) is 0 Å². The SMILES string of the molecule is CC1=CN(C)N=C(C)CCC1. The fourth-order valence-corrected chi connectivity index (χ4v) is 1.35. The third-order valence-electron chi connectivity index (χ3n) is 1.85. The summed E-state index contributed by atoms with van der Waals surface area (Å²) in [7, 11) is 1.98. The number of hydrazone groups is 1. The first-order chi connectivity index (χ1) is 5.18. The Morgan fingerprint density at radius 3 is 2.82 bits per heavy atom. The molecule has 0 radical (unpaired) electrons. The van der Waals surface area contributed by atoms with Crippen molar-refractivity contribution in [3.63, 3.8) is 0 Å². The van der Waals surface area contributed by atoms with E-state index in [9.17, 15) is 0 Å². The molecule has 1 rings (SSSR count). The maximum absolute atomic E-state index is 4.36. The van der Waals surface area contributed by atoms with E-state index in [-0.39, 0.29) is 0 Å². The average molecular weight is 152 g/mol. The van der Waals surface area contributed by atoms with Gasteiger partial charge in [-0.15, -0.1) is 0 Å². The third kappa shape index (κ3) is 2.74. The Labute approximate surface area is 68.6 Å². The van der Waals surface area contributed by atoms with E-state index in [1.807, 2.05) is 12.1 Å². The zero-order chi connectivity index (χ0) is 8.27. The van der Waals surface area contributed by atoms with Crippen molar-refractivity contribution >= 4 is 5.71 Å². The summed E-state index contributed by atoms with van der Waals surface area (Å²) in [4.78, 5) is 0. The molecule has 0 atom stereocenters. The first-order valence-electron chi connectivity index (χ1n) is 4.12. The van der Waals surface area contributed by atoms with E-state index < -0.39 is 0 Å². The van der Waals surface area contributed by atoms with Gasteiger partial charge < -0.3 is 0 Å². The molecule has 2 heteroatoms. The number of hydrogen-bond acceptors (Lipinski definition) is 2. The predicted molar refractivity (Wildman–Crippen MR) is 48.5 cm³/mol. The topological polar surface area (TPSA) is 15.6 Å².